The van der Waals surface area contributed by atoms with Gasteiger partial charge in [0.25, 0.3) is 0 Å². The van der Waals surface area contributed by atoms with Crippen LogP contribution in [-0.4, -0.2) is 44.7 Å². The summed E-state index contributed by atoms with van der Waals surface area (Å²) in [6.45, 7) is 7.22. The second-order valence-electron chi connectivity index (χ2n) is 7.01. The fourth-order valence-electron chi connectivity index (χ4n) is 3.82. The molecule has 4 rings (SSSR count). The molecule has 1 aromatic carbocycles. The minimum Gasteiger partial charge on any atom is -0.494 e. The maximum absolute atomic E-state index is 5.44. The van der Waals surface area contributed by atoms with Crippen LogP contribution in [0.1, 0.15) is 29.4 Å². The van der Waals surface area contributed by atoms with Crippen LogP contribution in [-0.2, 0) is 6.54 Å². The van der Waals surface area contributed by atoms with Crippen LogP contribution in [0.4, 0.5) is 0 Å². The normalized spacial score (nSPS) is 17.7. The Morgan fingerprint density at radius 3 is 2.85 bits per heavy atom. The number of ether oxygens (including phenoxy) is 1. The van der Waals surface area contributed by atoms with Crippen molar-refractivity contribution >= 4 is 0 Å². The summed E-state index contributed by atoms with van der Waals surface area (Å²) in [5.41, 5.74) is 4.52. The molecule has 0 unspecified atom stereocenters. The lowest BCUT2D eigenvalue weighted by molar-refractivity contribution is 0.310. The van der Waals surface area contributed by atoms with Gasteiger partial charge in [0.1, 0.15) is 11.4 Å². The van der Waals surface area contributed by atoms with Gasteiger partial charge in [-0.15, -0.1) is 0 Å². The molecule has 1 aliphatic heterocycles. The van der Waals surface area contributed by atoms with E-state index in [4.69, 9.17) is 4.74 Å². The molecule has 0 spiro atoms. The molecular weight excluding hydrogens is 326 g/mol. The number of aryl methyl sites for hydroxylation is 2. The molecule has 3 aromatic rings. The molecule has 0 N–H and O–H groups in total. The van der Waals surface area contributed by atoms with Gasteiger partial charge in [0.2, 0.25) is 0 Å². The van der Waals surface area contributed by atoms with Crippen LogP contribution in [0.5, 0.6) is 5.75 Å². The Labute approximate surface area is 154 Å². The topological polar surface area (TPSA) is 48.1 Å². The zero-order valence-corrected chi connectivity index (χ0v) is 15.6. The van der Waals surface area contributed by atoms with Crippen LogP contribution in [0, 0.1) is 13.8 Å². The van der Waals surface area contributed by atoms with E-state index in [1.807, 2.05) is 35.1 Å². The van der Waals surface area contributed by atoms with Crippen molar-refractivity contribution in [2.45, 2.75) is 32.9 Å². The number of methoxy groups -OCH3 is 1. The first-order chi connectivity index (χ1) is 12.6. The highest BCUT2D eigenvalue weighted by molar-refractivity contribution is 5.46. The molecule has 136 valence electrons. The average molecular weight is 351 g/mol. The van der Waals surface area contributed by atoms with Crippen molar-refractivity contribution in [2.24, 2.45) is 0 Å². The van der Waals surface area contributed by atoms with Gasteiger partial charge in [0.05, 0.1) is 25.0 Å². The predicted octanol–water partition coefficient (Wildman–Crippen LogP) is 3.14. The quantitative estimate of drug-likeness (QED) is 0.708. The van der Waals surface area contributed by atoms with E-state index in [1.165, 1.54) is 11.3 Å². The number of hydrogen-bond acceptors (Lipinski definition) is 4. The fraction of sp³-hybridized carbons (Fsp3) is 0.400. The summed E-state index contributed by atoms with van der Waals surface area (Å²) in [5.74, 6) is 0.827. The van der Waals surface area contributed by atoms with Crippen LogP contribution < -0.4 is 4.74 Å². The summed E-state index contributed by atoms with van der Waals surface area (Å²) in [5, 5.41) is 9.18. The molecule has 0 radical (unpaired) electrons. The van der Waals surface area contributed by atoms with Crippen LogP contribution in [0.15, 0.2) is 42.7 Å². The molecule has 0 bridgehead atoms. The van der Waals surface area contributed by atoms with Gasteiger partial charge in [-0.3, -0.25) is 9.58 Å². The first-order valence-electron chi connectivity index (χ1n) is 9.06. The Balaban J connectivity index is 1.44. The van der Waals surface area contributed by atoms with E-state index >= 15 is 0 Å². The number of hydrogen-bond donors (Lipinski definition) is 0. The van der Waals surface area contributed by atoms with Gasteiger partial charge < -0.3 is 4.74 Å². The lowest BCUT2D eigenvalue weighted by Crippen LogP contribution is -2.21. The van der Waals surface area contributed by atoms with E-state index in [0.717, 1.165) is 43.2 Å². The summed E-state index contributed by atoms with van der Waals surface area (Å²) in [4.78, 5) is 2.48. The minimum absolute atomic E-state index is 0.466. The predicted molar refractivity (Wildman–Crippen MR) is 101 cm³/mol. The first-order valence-corrected chi connectivity index (χ1v) is 9.06. The van der Waals surface area contributed by atoms with Gasteiger partial charge in [0, 0.05) is 37.1 Å². The summed E-state index contributed by atoms with van der Waals surface area (Å²) in [6.07, 6.45) is 5.18. The standard InChI is InChI=1S/C20H25N5O/c1-15-10-16(2)25(22-15)18-8-9-23(14-18)12-17-11-21-24(13-17)19-6-4-5-7-20(19)26-3/h4-7,10-11,13,18H,8-9,12,14H2,1-3H3/t18-/m1/s1. The third kappa shape index (κ3) is 3.24. The number of aromatic nitrogens is 4. The zero-order chi connectivity index (χ0) is 18.1. The largest absolute Gasteiger partial charge is 0.494 e. The smallest absolute Gasteiger partial charge is 0.144 e. The molecule has 1 aliphatic rings. The summed E-state index contributed by atoms with van der Waals surface area (Å²) >= 11 is 0. The molecule has 3 heterocycles. The van der Waals surface area contributed by atoms with E-state index in [9.17, 15) is 0 Å². The van der Waals surface area contributed by atoms with Gasteiger partial charge in [-0.25, -0.2) is 4.68 Å². The number of benzene rings is 1. The Morgan fingerprint density at radius 2 is 2.08 bits per heavy atom. The maximum Gasteiger partial charge on any atom is 0.144 e. The SMILES string of the molecule is COc1ccccc1-n1cc(CN2CC[C@@H](n3nc(C)cc3C)C2)cn1. The molecule has 1 atom stereocenters. The molecular formula is C20H25N5O. The highest BCUT2D eigenvalue weighted by atomic mass is 16.5. The second-order valence-corrected chi connectivity index (χ2v) is 7.01. The molecule has 6 nitrogen and oxygen atoms in total. The zero-order valence-electron chi connectivity index (χ0n) is 15.6. The Hall–Kier alpha value is -2.60. The summed E-state index contributed by atoms with van der Waals surface area (Å²) < 4.78 is 9.52. The molecule has 26 heavy (non-hydrogen) atoms. The van der Waals surface area contributed by atoms with Crippen molar-refractivity contribution in [3.05, 3.63) is 59.7 Å². The number of rotatable bonds is 5. The van der Waals surface area contributed by atoms with Crippen LogP contribution >= 0.6 is 0 Å². The summed E-state index contributed by atoms with van der Waals surface area (Å²) in [6, 6.07) is 10.6. The molecule has 1 saturated heterocycles. The van der Waals surface area contributed by atoms with Crippen molar-refractivity contribution in [3.63, 3.8) is 0 Å². The average Bonchev–Trinajstić information content (AvgIpc) is 3.36. The first kappa shape index (κ1) is 16.8. The summed E-state index contributed by atoms with van der Waals surface area (Å²) in [7, 11) is 1.69. The Kier molecular flexibility index (Phi) is 4.51. The lowest BCUT2D eigenvalue weighted by atomic mass is 10.2. The van der Waals surface area contributed by atoms with Gasteiger partial charge in [0.15, 0.2) is 0 Å². The third-order valence-electron chi connectivity index (χ3n) is 5.01. The number of likely N-dealkylation sites (tertiary alicyclic amines) is 1. The van der Waals surface area contributed by atoms with E-state index < -0.39 is 0 Å². The molecule has 1 fully saturated rings. The van der Waals surface area contributed by atoms with E-state index in [1.54, 1.807) is 7.11 Å². The van der Waals surface area contributed by atoms with Gasteiger partial charge in [-0.1, -0.05) is 12.1 Å². The molecule has 0 saturated carbocycles. The highest BCUT2D eigenvalue weighted by Crippen LogP contribution is 2.25. The van der Waals surface area contributed by atoms with Crippen molar-refractivity contribution in [1.82, 2.24) is 24.5 Å². The van der Waals surface area contributed by atoms with E-state index in [2.05, 4.69) is 45.9 Å². The minimum atomic E-state index is 0.466. The Bertz CT molecular complexity index is 897. The highest BCUT2D eigenvalue weighted by Gasteiger charge is 2.25. The maximum atomic E-state index is 5.44. The van der Waals surface area contributed by atoms with Crippen molar-refractivity contribution < 1.29 is 4.74 Å². The molecule has 2 aromatic heterocycles. The van der Waals surface area contributed by atoms with Gasteiger partial charge in [-0.05, 0) is 38.5 Å². The van der Waals surface area contributed by atoms with Gasteiger partial charge in [-0.2, -0.15) is 10.2 Å². The van der Waals surface area contributed by atoms with Crippen molar-refractivity contribution in [2.75, 3.05) is 20.2 Å². The molecule has 0 aliphatic carbocycles. The fourth-order valence-corrected chi connectivity index (χ4v) is 3.82. The lowest BCUT2D eigenvalue weighted by Gasteiger charge is -2.16. The van der Waals surface area contributed by atoms with Crippen LogP contribution in [0.25, 0.3) is 5.69 Å². The second kappa shape index (κ2) is 6.96. The Morgan fingerprint density at radius 1 is 1.23 bits per heavy atom. The van der Waals surface area contributed by atoms with Crippen LogP contribution in [0.3, 0.4) is 0 Å². The van der Waals surface area contributed by atoms with Crippen molar-refractivity contribution in [3.8, 4) is 11.4 Å². The number of para-hydroxylation sites is 2. The van der Waals surface area contributed by atoms with E-state index in [0.29, 0.717) is 6.04 Å². The molecule has 0 amide bonds. The molecule has 6 heteroatoms. The third-order valence-corrected chi connectivity index (χ3v) is 5.01. The van der Waals surface area contributed by atoms with Crippen molar-refractivity contribution in [1.29, 1.82) is 0 Å². The monoisotopic (exact) mass is 351 g/mol. The van der Waals surface area contributed by atoms with E-state index in [-0.39, 0.29) is 0 Å². The van der Waals surface area contributed by atoms with Gasteiger partial charge >= 0.3 is 0 Å². The number of nitrogens with zero attached hydrogens (tertiary/aromatic N) is 5. The van der Waals surface area contributed by atoms with Crippen LogP contribution in [0.2, 0.25) is 0 Å².